The molecule has 0 bridgehead atoms. The number of fused-ring (bicyclic) bond motifs is 1. The Morgan fingerprint density at radius 2 is 1.94 bits per heavy atom. The molecule has 0 aliphatic carbocycles. The van der Waals surface area contributed by atoms with Gasteiger partial charge in [0.15, 0.2) is 0 Å². The number of nitrogens with one attached hydrogen (secondary N) is 1. The topological polar surface area (TPSA) is 37.3 Å². The number of nitrogens with zero attached hydrogens (tertiary/aromatic N) is 2. The fourth-order valence-corrected chi connectivity index (χ4v) is 1.85. The van der Waals surface area contributed by atoms with Crippen LogP contribution in [0.3, 0.4) is 0 Å². The molecule has 2 heterocycles. The van der Waals surface area contributed by atoms with Gasteiger partial charge in [0, 0.05) is 17.8 Å². The van der Waals surface area contributed by atoms with Crippen LogP contribution in [-0.2, 0) is 0 Å². The Bertz CT molecular complexity index is 633. The molecule has 0 amide bonds. The first-order chi connectivity index (χ1) is 8.45. The third-order valence-electron chi connectivity index (χ3n) is 2.65. The predicted octanol–water partition coefficient (Wildman–Crippen LogP) is 2.72. The van der Waals surface area contributed by atoms with Gasteiger partial charge in [0.25, 0.3) is 0 Å². The second-order valence-electron chi connectivity index (χ2n) is 3.74. The van der Waals surface area contributed by atoms with Crippen molar-refractivity contribution in [3.8, 4) is 0 Å². The lowest BCUT2D eigenvalue weighted by atomic mass is 10.1. The maximum atomic E-state index is 4.43. The standard InChI is InChI=1S/C14H11N3/c1-2-6-12-11(5-1)8-10-15-14(12)13-7-3-4-9-16-17-13/h1-10,17H. The van der Waals surface area contributed by atoms with Crippen LogP contribution < -0.4 is 5.43 Å². The normalized spacial score (nSPS) is 14.2. The van der Waals surface area contributed by atoms with E-state index in [-0.39, 0.29) is 0 Å². The summed E-state index contributed by atoms with van der Waals surface area (Å²) >= 11 is 0. The number of hydrogen-bond acceptors (Lipinski definition) is 3. The number of rotatable bonds is 1. The maximum absolute atomic E-state index is 4.43. The van der Waals surface area contributed by atoms with Crippen LogP contribution in [0.15, 0.2) is 59.9 Å². The predicted molar refractivity (Wildman–Crippen MR) is 70.5 cm³/mol. The van der Waals surface area contributed by atoms with Crippen molar-refractivity contribution < 1.29 is 0 Å². The van der Waals surface area contributed by atoms with Crippen LogP contribution in [0.4, 0.5) is 0 Å². The van der Waals surface area contributed by atoms with Gasteiger partial charge in [0.1, 0.15) is 0 Å². The lowest BCUT2D eigenvalue weighted by molar-refractivity contribution is 0.992. The fraction of sp³-hybridized carbons (Fsp3) is 0. The van der Waals surface area contributed by atoms with Crippen LogP contribution in [0.25, 0.3) is 16.5 Å². The van der Waals surface area contributed by atoms with Crippen molar-refractivity contribution in [3.05, 3.63) is 60.5 Å². The molecule has 0 fully saturated rings. The average molecular weight is 221 g/mol. The Kier molecular flexibility index (Phi) is 2.43. The molecule has 1 aromatic carbocycles. The summed E-state index contributed by atoms with van der Waals surface area (Å²) in [7, 11) is 0. The molecule has 1 aliphatic rings. The van der Waals surface area contributed by atoms with Gasteiger partial charge in [0.2, 0.25) is 0 Å². The molecular weight excluding hydrogens is 210 g/mol. The van der Waals surface area contributed by atoms with E-state index in [9.17, 15) is 0 Å². The van der Waals surface area contributed by atoms with E-state index in [0.29, 0.717) is 0 Å². The first kappa shape index (κ1) is 9.78. The van der Waals surface area contributed by atoms with E-state index in [2.05, 4.69) is 27.6 Å². The van der Waals surface area contributed by atoms with Gasteiger partial charge in [-0.25, -0.2) is 0 Å². The van der Waals surface area contributed by atoms with Crippen LogP contribution in [0, 0.1) is 0 Å². The molecule has 1 aromatic heterocycles. The minimum Gasteiger partial charge on any atom is -0.276 e. The first-order valence-corrected chi connectivity index (χ1v) is 5.45. The number of hydrogen-bond donors (Lipinski definition) is 1. The van der Waals surface area contributed by atoms with E-state index in [1.807, 2.05) is 42.6 Å². The largest absolute Gasteiger partial charge is 0.276 e. The van der Waals surface area contributed by atoms with Gasteiger partial charge in [-0.05, 0) is 23.6 Å². The third kappa shape index (κ3) is 1.83. The van der Waals surface area contributed by atoms with E-state index in [0.717, 1.165) is 16.8 Å². The van der Waals surface area contributed by atoms with Crippen molar-refractivity contribution in [1.82, 2.24) is 10.4 Å². The van der Waals surface area contributed by atoms with E-state index < -0.39 is 0 Å². The van der Waals surface area contributed by atoms with E-state index in [1.165, 1.54) is 5.39 Å². The lowest BCUT2D eigenvalue weighted by Gasteiger charge is -2.08. The summed E-state index contributed by atoms with van der Waals surface area (Å²) in [5.41, 5.74) is 4.83. The molecule has 0 spiro atoms. The number of pyridine rings is 1. The molecule has 3 heteroatoms. The van der Waals surface area contributed by atoms with Gasteiger partial charge >= 0.3 is 0 Å². The molecule has 0 saturated carbocycles. The molecule has 82 valence electrons. The highest BCUT2D eigenvalue weighted by atomic mass is 15.3. The summed E-state index contributed by atoms with van der Waals surface area (Å²) in [4.78, 5) is 4.43. The van der Waals surface area contributed by atoms with Gasteiger partial charge in [0.05, 0.1) is 11.4 Å². The van der Waals surface area contributed by atoms with Crippen molar-refractivity contribution in [2.75, 3.05) is 0 Å². The molecule has 3 nitrogen and oxygen atoms in total. The Labute approximate surface area is 99.2 Å². The summed E-state index contributed by atoms with van der Waals surface area (Å²) in [5.74, 6) is 0. The average Bonchev–Trinajstić information content (AvgIpc) is 2.67. The van der Waals surface area contributed by atoms with Crippen molar-refractivity contribution in [2.45, 2.75) is 0 Å². The van der Waals surface area contributed by atoms with Crippen LogP contribution >= 0.6 is 0 Å². The van der Waals surface area contributed by atoms with Gasteiger partial charge in [-0.15, -0.1) is 0 Å². The summed E-state index contributed by atoms with van der Waals surface area (Å²) < 4.78 is 0. The highest BCUT2D eigenvalue weighted by Crippen LogP contribution is 2.21. The quantitative estimate of drug-likeness (QED) is 0.804. The SMILES string of the molecule is C1=CC=C(c2nccc3ccccc23)NN=C1. The summed E-state index contributed by atoms with van der Waals surface area (Å²) in [6.07, 6.45) is 9.34. The second-order valence-corrected chi connectivity index (χ2v) is 3.74. The summed E-state index contributed by atoms with van der Waals surface area (Å²) in [6.45, 7) is 0. The molecule has 2 aromatic rings. The Hall–Kier alpha value is -2.42. The highest BCUT2D eigenvalue weighted by Gasteiger charge is 2.06. The minimum atomic E-state index is 0.909. The highest BCUT2D eigenvalue weighted by molar-refractivity contribution is 5.92. The third-order valence-corrected chi connectivity index (χ3v) is 2.65. The second kappa shape index (κ2) is 4.22. The van der Waals surface area contributed by atoms with Gasteiger partial charge in [-0.1, -0.05) is 30.3 Å². The molecule has 0 radical (unpaired) electrons. The van der Waals surface area contributed by atoms with Crippen molar-refractivity contribution >= 4 is 22.7 Å². The van der Waals surface area contributed by atoms with E-state index in [1.54, 1.807) is 6.21 Å². The number of aromatic nitrogens is 1. The van der Waals surface area contributed by atoms with Gasteiger partial charge in [-0.2, -0.15) is 5.10 Å². The van der Waals surface area contributed by atoms with Gasteiger partial charge < -0.3 is 0 Å². The van der Waals surface area contributed by atoms with Crippen molar-refractivity contribution in [1.29, 1.82) is 0 Å². The van der Waals surface area contributed by atoms with Crippen LogP contribution in [-0.4, -0.2) is 11.2 Å². The lowest BCUT2D eigenvalue weighted by Crippen LogP contribution is -2.05. The van der Waals surface area contributed by atoms with Crippen LogP contribution in [0.5, 0.6) is 0 Å². The maximum Gasteiger partial charge on any atom is 0.0957 e. The molecule has 1 aliphatic heterocycles. The number of hydrazone groups is 1. The molecule has 17 heavy (non-hydrogen) atoms. The van der Waals surface area contributed by atoms with E-state index in [4.69, 9.17) is 0 Å². The molecule has 3 rings (SSSR count). The zero-order valence-electron chi connectivity index (χ0n) is 9.17. The summed E-state index contributed by atoms with van der Waals surface area (Å²) in [6, 6.07) is 10.2. The molecule has 0 atom stereocenters. The summed E-state index contributed by atoms with van der Waals surface area (Å²) in [5, 5.41) is 6.37. The van der Waals surface area contributed by atoms with Crippen LogP contribution in [0.2, 0.25) is 0 Å². The number of benzene rings is 1. The minimum absolute atomic E-state index is 0.909. The number of allylic oxidation sites excluding steroid dienone is 3. The van der Waals surface area contributed by atoms with Crippen LogP contribution in [0.1, 0.15) is 5.69 Å². The zero-order valence-corrected chi connectivity index (χ0v) is 9.17. The molecule has 1 N–H and O–H groups in total. The van der Waals surface area contributed by atoms with E-state index >= 15 is 0 Å². The Morgan fingerprint density at radius 3 is 2.94 bits per heavy atom. The first-order valence-electron chi connectivity index (χ1n) is 5.45. The van der Waals surface area contributed by atoms with Crippen molar-refractivity contribution in [3.63, 3.8) is 0 Å². The zero-order chi connectivity index (χ0) is 11.5. The fourth-order valence-electron chi connectivity index (χ4n) is 1.85. The molecular formula is C14H11N3. The Balaban J connectivity index is 2.20. The molecule has 0 saturated heterocycles. The smallest absolute Gasteiger partial charge is 0.0957 e. The van der Waals surface area contributed by atoms with Crippen molar-refractivity contribution in [2.24, 2.45) is 5.10 Å². The van der Waals surface area contributed by atoms with Gasteiger partial charge in [-0.3, -0.25) is 10.4 Å². The molecule has 0 unspecified atom stereocenters. The monoisotopic (exact) mass is 221 g/mol. The Morgan fingerprint density at radius 1 is 1.00 bits per heavy atom.